The van der Waals surface area contributed by atoms with Gasteiger partial charge in [-0.2, -0.15) is 4.98 Å². The predicted octanol–water partition coefficient (Wildman–Crippen LogP) is 4.49. The first-order valence-electron chi connectivity index (χ1n) is 8.97. The number of methoxy groups -OCH3 is 3. The van der Waals surface area contributed by atoms with Gasteiger partial charge in [0.05, 0.1) is 25.8 Å². The molecule has 0 saturated heterocycles. The molecule has 0 aliphatic rings. The number of ether oxygens (including phenoxy) is 3. The molecule has 0 aliphatic carbocycles. The van der Waals surface area contributed by atoms with E-state index in [2.05, 4.69) is 36.5 Å². The Hall–Kier alpha value is -3.33. The Morgan fingerprint density at radius 3 is 2.37 bits per heavy atom. The number of nitrogens with one attached hydrogen (secondary N) is 2. The van der Waals surface area contributed by atoms with Gasteiger partial charge >= 0.3 is 0 Å². The molecular formula is C21H21BrN4O4. The topological polar surface area (TPSA) is 94.6 Å². The molecule has 1 heterocycles. The molecule has 2 aromatic carbocycles. The molecule has 0 saturated carbocycles. The molecule has 0 aliphatic heterocycles. The van der Waals surface area contributed by atoms with Crippen LogP contribution in [0, 0.1) is 0 Å². The molecule has 1 aromatic heterocycles. The van der Waals surface area contributed by atoms with E-state index in [0.29, 0.717) is 45.6 Å². The van der Waals surface area contributed by atoms with E-state index in [1.54, 1.807) is 39.7 Å². The van der Waals surface area contributed by atoms with E-state index in [0.717, 1.165) is 17.5 Å². The molecule has 0 amide bonds. The van der Waals surface area contributed by atoms with E-state index in [1.165, 1.54) is 0 Å². The maximum atomic E-state index is 11.0. The molecule has 0 bridgehead atoms. The maximum absolute atomic E-state index is 11.0. The summed E-state index contributed by atoms with van der Waals surface area (Å²) >= 11 is 3.46. The number of aromatic nitrogens is 2. The third-order valence-corrected chi connectivity index (χ3v) is 4.82. The zero-order chi connectivity index (χ0) is 21.5. The van der Waals surface area contributed by atoms with E-state index in [4.69, 9.17) is 14.2 Å². The molecule has 156 valence electrons. The van der Waals surface area contributed by atoms with E-state index >= 15 is 0 Å². The zero-order valence-corrected chi connectivity index (χ0v) is 18.3. The molecule has 2 N–H and O–H groups in total. The van der Waals surface area contributed by atoms with Gasteiger partial charge in [0.1, 0.15) is 12.1 Å². The molecule has 0 radical (unpaired) electrons. The monoisotopic (exact) mass is 472 g/mol. The number of halogens is 1. The fraction of sp³-hybridized carbons (Fsp3) is 0.190. The van der Waals surface area contributed by atoms with Crippen LogP contribution in [0.3, 0.4) is 0 Å². The number of nitrogens with zero attached hydrogens (tertiary/aromatic N) is 2. The molecule has 3 aromatic rings. The van der Waals surface area contributed by atoms with Gasteiger partial charge in [-0.1, -0.05) is 18.2 Å². The average Bonchev–Trinajstić information content (AvgIpc) is 2.76. The molecule has 9 heteroatoms. The number of hydrogen-bond acceptors (Lipinski definition) is 8. The van der Waals surface area contributed by atoms with Gasteiger partial charge in [-0.25, -0.2) is 4.98 Å². The minimum atomic E-state index is 0.308. The standard InChI is InChI=1S/C21H21BrN4O4/c1-28-17-10-14(11-18(29-2)19(17)30-3)24-21-23-12-15(22)20(26-21)25-16-7-5-4-6-13(16)8-9-27/h4-7,9-12H,8H2,1-3H3,(H2,23,24,25,26). The van der Waals surface area contributed by atoms with Crippen molar-refractivity contribution in [3.05, 3.63) is 52.6 Å². The fourth-order valence-corrected chi connectivity index (χ4v) is 3.13. The van der Waals surface area contributed by atoms with Gasteiger partial charge in [0.15, 0.2) is 11.5 Å². The molecule has 0 fully saturated rings. The average molecular weight is 473 g/mol. The van der Waals surface area contributed by atoms with Crippen molar-refractivity contribution >= 4 is 45.4 Å². The number of carbonyl (C=O) groups is 1. The summed E-state index contributed by atoms with van der Waals surface area (Å²) in [5.74, 6) is 2.44. The van der Waals surface area contributed by atoms with E-state index < -0.39 is 0 Å². The van der Waals surface area contributed by atoms with Crippen molar-refractivity contribution in [2.75, 3.05) is 32.0 Å². The highest BCUT2D eigenvalue weighted by atomic mass is 79.9. The van der Waals surface area contributed by atoms with Crippen molar-refractivity contribution in [1.82, 2.24) is 9.97 Å². The van der Waals surface area contributed by atoms with Crippen molar-refractivity contribution in [2.45, 2.75) is 6.42 Å². The van der Waals surface area contributed by atoms with Crippen molar-refractivity contribution in [3.8, 4) is 17.2 Å². The normalized spacial score (nSPS) is 10.3. The lowest BCUT2D eigenvalue weighted by atomic mass is 10.1. The van der Waals surface area contributed by atoms with Crippen LogP contribution < -0.4 is 24.8 Å². The van der Waals surface area contributed by atoms with Crippen LogP contribution >= 0.6 is 15.9 Å². The maximum Gasteiger partial charge on any atom is 0.229 e. The lowest BCUT2D eigenvalue weighted by molar-refractivity contribution is -0.107. The smallest absolute Gasteiger partial charge is 0.229 e. The van der Waals surface area contributed by atoms with Crippen molar-refractivity contribution in [3.63, 3.8) is 0 Å². The lowest BCUT2D eigenvalue weighted by Gasteiger charge is -2.15. The minimum Gasteiger partial charge on any atom is -0.493 e. The highest BCUT2D eigenvalue weighted by Gasteiger charge is 2.14. The Morgan fingerprint density at radius 2 is 1.73 bits per heavy atom. The summed E-state index contributed by atoms with van der Waals surface area (Å²) in [4.78, 5) is 19.8. The Kier molecular flexibility index (Phi) is 7.08. The van der Waals surface area contributed by atoms with Crippen molar-refractivity contribution in [1.29, 1.82) is 0 Å². The van der Waals surface area contributed by atoms with Gasteiger partial charge in [-0.15, -0.1) is 0 Å². The second-order valence-electron chi connectivity index (χ2n) is 6.08. The first-order chi connectivity index (χ1) is 14.6. The molecule has 30 heavy (non-hydrogen) atoms. The van der Waals surface area contributed by atoms with Gasteiger partial charge in [0.2, 0.25) is 11.7 Å². The van der Waals surface area contributed by atoms with Gasteiger partial charge in [-0.3, -0.25) is 0 Å². The molecule has 0 spiro atoms. The van der Waals surface area contributed by atoms with E-state index in [9.17, 15) is 4.79 Å². The summed E-state index contributed by atoms with van der Waals surface area (Å²) in [5.41, 5.74) is 2.33. The van der Waals surface area contributed by atoms with Crippen LogP contribution in [0.5, 0.6) is 17.2 Å². The SMILES string of the molecule is COc1cc(Nc2ncc(Br)c(Nc3ccccc3CC=O)n2)cc(OC)c1OC. The third-order valence-electron chi connectivity index (χ3n) is 4.24. The molecular weight excluding hydrogens is 452 g/mol. The van der Waals surface area contributed by atoms with Crippen LogP contribution in [0.15, 0.2) is 47.1 Å². The Balaban J connectivity index is 1.90. The van der Waals surface area contributed by atoms with Crippen LogP contribution in [-0.4, -0.2) is 37.6 Å². The van der Waals surface area contributed by atoms with Crippen LogP contribution in [0.4, 0.5) is 23.1 Å². The summed E-state index contributed by atoms with van der Waals surface area (Å²) in [5, 5.41) is 6.39. The van der Waals surface area contributed by atoms with Crippen LogP contribution in [0.2, 0.25) is 0 Å². The number of benzene rings is 2. The van der Waals surface area contributed by atoms with Gasteiger partial charge in [0.25, 0.3) is 0 Å². The Bertz CT molecular complexity index is 1020. The first-order valence-corrected chi connectivity index (χ1v) is 9.77. The molecule has 0 atom stereocenters. The number of anilines is 4. The van der Waals surface area contributed by atoms with Crippen molar-refractivity contribution < 1.29 is 19.0 Å². The Labute approximate surface area is 182 Å². The van der Waals surface area contributed by atoms with Crippen LogP contribution in [0.1, 0.15) is 5.56 Å². The highest BCUT2D eigenvalue weighted by Crippen LogP contribution is 2.40. The van der Waals surface area contributed by atoms with Crippen LogP contribution in [-0.2, 0) is 11.2 Å². The van der Waals surface area contributed by atoms with E-state index in [-0.39, 0.29) is 0 Å². The Morgan fingerprint density at radius 1 is 1.03 bits per heavy atom. The van der Waals surface area contributed by atoms with Gasteiger partial charge in [0, 0.05) is 36.1 Å². The summed E-state index contributed by atoms with van der Waals surface area (Å²) in [6.45, 7) is 0. The van der Waals surface area contributed by atoms with Crippen molar-refractivity contribution in [2.24, 2.45) is 0 Å². The second-order valence-corrected chi connectivity index (χ2v) is 6.94. The molecule has 3 rings (SSSR count). The number of carbonyl (C=O) groups excluding carboxylic acids is 1. The quantitative estimate of drug-likeness (QED) is 0.439. The number of aldehydes is 1. The largest absolute Gasteiger partial charge is 0.493 e. The van der Waals surface area contributed by atoms with E-state index in [1.807, 2.05) is 24.3 Å². The van der Waals surface area contributed by atoms with Gasteiger partial charge in [-0.05, 0) is 27.6 Å². The highest BCUT2D eigenvalue weighted by molar-refractivity contribution is 9.10. The van der Waals surface area contributed by atoms with Gasteiger partial charge < -0.3 is 29.6 Å². The summed E-state index contributed by atoms with van der Waals surface area (Å²) in [6.07, 6.45) is 2.81. The lowest BCUT2D eigenvalue weighted by Crippen LogP contribution is -2.04. The number of hydrogen-bond donors (Lipinski definition) is 2. The summed E-state index contributed by atoms with van der Waals surface area (Å²) in [7, 11) is 4.65. The fourth-order valence-electron chi connectivity index (χ4n) is 2.83. The zero-order valence-electron chi connectivity index (χ0n) is 16.7. The predicted molar refractivity (Wildman–Crippen MR) is 119 cm³/mol. The second kappa shape index (κ2) is 9.93. The van der Waals surface area contributed by atoms with Crippen LogP contribution in [0.25, 0.3) is 0 Å². The molecule has 0 unspecified atom stereocenters. The third kappa shape index (κ3) is 4.80. The number of para-hydroxylation sites is 1. The minimum absolute atomic E-state index is 0.308. The summed E-state index contributed by atoms with van der Waals surface area (Å²) in [6, 6.07) is 11.1. The first kappa shape index (κ1) is 21.4. The number of rotatable bonds is 9. The molecule has 8 nitrogen and oxygen atoms in total. The summed E-state index contributed by atoms with van der Waals surface area (Å²) < 4.78 is 16.8.